The van der Waals surface area contributed by atoms with Gasteiger partial charge in [-0.15, -0.1) is 0 Å². The van der Waals surface area contributed by atoms with E-state index < -0.39 is 17.7 Å². The molecule has 0 spiro atoms. The summed E-state index contributed by atoms with van der Waals surface area (Å²) in [6.45, 7) is 2.20. The van der Waals surface area contributed by atoms with E-state index in [4.69, 9.17) is 5.11 Å². The van der Waals surface area contributed by atoms with Crippen molar-refractivity contribution in [3.63, 3.8) is 0 Å². The monoisotopic (exact) mass is 509 g/mol. The molecule has 4 nitrogen and oxygen atoms in total. The Morgan fingerprint density at radius 1 is 0.811 bits per heavy atom. The fraction of sp³-hybridized carbons (Fsp3) is 0.267. The number of unbranched alkanes of at least 4 members (excludes halogenated alkanes) is 3. The SMILES string of the molecule is CCCCCC=C(c1ccc(C(=O)NCCC(=O)O)cc1)c1ccc(-c2ccc(C(F)(F)F)cc2)cc1. The lowest BCUT2D eigenvalue weighted by molar-refractivity contribution is -0.138. The molecule has 0 fully saturated rings. The van der Waals surface area contributed by atoms with E-state index in [1.54, 1.807) is 12.1 Å². The van der Waals surface area contributed by atoms with Crippen molar-refractivity contribution in [3.8, 4) is 11.1 Å². The molecule has 0 aliphatic rings. The van der Waals surface area contributed by atoms with Crippen molar-refractivity contribution < 1.29 is 27.9 Å². The summed E-state index contributed by atoms with van der Waals surface area (Å²) in [5, 5.41) is 11.3. The van der Waals surface area contributed by atoms with Crippen molar-refractivity contribution in [2.45, 2.75) is 45.2 Å². The molecule has 7 heteroatoms. The molecule has 0 aliphatic heterocycles. The fourth-order valence-corrected chi connectivity index (χ4v) is 3.92. The molecule has 37 heavy (non-hydrogen) atoms. The molecule has 1 amide bonds. The van der Waals surface area contributed by atoms with Gasteiger partial charge in [0.25, 0.3) is 5.91 Å². The lowest BCUT2D eigenvalue weighted by Gasteiger charge is -2.12. The zero-order chi connectivity index (χ0) is 26.8. The molecule has 0 aliphatic carbocycles. The first-order chi connectivity index (χ1) is 17.7. The second kappa shape index (κ2) is 12.9. The second-order valence-corrected chi connectivity index (χ2v) is 8.74. The minimum absolute atomic E-state index is 0.0593. The third kappa shape index (κ3) is 8.07. The van der Waals surface area contributed by atoms with Crippen LogP contribution in [0.1, 0.15) is 66.1 Å². The summed E-state index contributed by atoms with van der Waals surface area (Å²) < 4.78 is 38.6. The van der Waals surface area contributed by atoms with E-state index >= 15 is 0 Å². The van der Waals surface area contributed by atoms with Crippen LogP contribution in [0.3, 0.4) is 0 Å². The average Bonchev–Trinajstić information content (AvgIpc) is 2.88. The van der Waals surface area contributed by atoms with Crippen molar-refractivity contribution >= 4 is 17.4 Å². The lowest BCUT2D eigenvalue weighted by Crippen LogP contribution is -2.25. The first kappa shape index (κ1) is 27.7. The summed E-state index contributed by atoms with van der Waals surface area (Å²) in [6, 6.07) is 19.9. The quantitative estimate of drug-likeness (QED) is 0.262. The largest absolute Gasteiger partial charge is 0.481 e. The Kier molecular flexibility index (Phi) is 9.66. The molecule has 0 radical (unpaired) electrons. The minimum Gasteiger partial charge on any atom is -0.481 e. The van der Waals surface area contributed by atoms with E-state index in [1.807, 2.05) is 36.4 Å². The number of alkyl halides is 3. The summed E-state index contributed by atoms with van der Waals surface area (Å²) in [5.74, 6) is -1.31. The van der Waals surface area contributed by atoms with Crippen LogP contribution in [0.15, 0.2) is 78.9 Å². The van der Waals surface area contributed by atoms with Crippen molar-refractivity contribution in [1.82, 2.24) is 5.32 Å². The van der Waals surface area contributed by atoms with Gasteiger partial charge in [0.2, 0.25) is 0 Å². The maximum absolute atomic E-state index is 12.9. The Labute approximate surface area is 214 Å². The predicted molar refractivity (Wildman–Crippen MR) is 139 cm³/mol. The Hall–Kier alpha value is -3.87. The number of carbonyl (C=O) groups excluding carboxylic acids is 1. The number of carbonyl (C=O) groups is 2. The Morgan fingerprint density at radius 2 is 1.32 bits per heavy atom. The molecule has 0 unspecified atom stereocenters. The molecule has 194 valence electrons. The van der Waals surface area contributed by atoms with Crippen molar-refractivity contribution in [2.24, 2.45) is 0 Å². The van der Waals surface area contributed by atoms with E-state index in [-0.39, 0.29) is 18.9 Å². The Morgan fingerprint density at radius 3 is 1.84 bits per heavy atom. The van der Waals surface area contributed by atoms with Crippen LogP contribution in [-0.2, 0) is 11.0 Å². The Balaban J connectivity index is 1.81. The lowest BCUT2D eigenvalue weighted by atomic mass is 9.93. The van der Waals surface area contributed by atoms with Crippen molar-refractivity contribution in [2.75, 3.05) is 6.54 Å². The molecule has 0 aromatic heterocycles. The molecule has 0 atom stereocenters. The van der Waals surface area contributed by atoms with Crippen molar-refractivity contribution in [1.29, 1.82) is 0 Å². The van der Waals surface area contributed by atoms with E-state index in [0.29, 0.717) is 11.1 Å². The third-order valence-corrected chi connectivity index (χ3v) is 5.98. The maximum Gasteiger partial charge on any atom is 0.416 e. The number of carboxylic acids is 1. The van der Waals surface area contributed by atoms with Crippen LogP contribution in [0.4, 0.5) is 13.2 Å². The molecule has 3 rings (SSSR count). The molecule has 0 heterocycles. The number of carboxylic acid groups (broad SMARTS) is 1. The van der Waals surface area contributed by atoms with Crippen LogP contribution >= 0.6 is 0 Å². The van der Waals surface area contributed by atoms with E-state index in [9.17, 15) is 22.8 Å². The summed E-state index contributed by atoms with van der Waals surface area (Å²) in [5.41, 5.74) is 4.18. The zero-order valence-corrected chi connectivity index (χ0v) is 20.6. The van der Waals surface area contributed by atoms with E-state index in [0.717, 1.165) is 60.1 Å². The van der Waals surface area contributed by atoms with E-state index in [2.05, 4.69) is 18.3 Å². The molecule has 0 saturated heterocycles. The predicted octanol–water partition coefficient (Wildman–Crippen LogP) is 7.59. The molecule has 2 N–H and O–H groups in total. The van der Waals surface area contributed by atoms with Crippen molar-refractivity contribution in [3.05, 3.63) is 101 Å². The Bertz CT molecular complexity index is 1210. The highest BCUT2D eigenvalue weighted by Gasteiger charge is 2.29. The van der Waals surface area contributed by atoms with Crippen LogP contribution in [-0.4, -0.2) is 23.5 Å². The number of rotatable bonds is 11. The number of amides is 1. The van der Waals surface area contributed by atoms with Gasteiger partial charge in [-0.2, -0.15) is 13.2 Å². The van der Waals surface area contributed by atoms with Crippen LogP contribution in [0.5, 0.6) is 0 Å². The summed E-state index contributed by atoms with van der Waals surface area (Å²) >= 11 is 0. The number of allylic oxidation sites excluding steroid dienone is 1. The molecule has 3 aromatic carbocycles. The van der Waals surface area contributed by atoms with Gasteiger partial charge in [-0.25, -0.2) is 0 Å². The van der Waals surface area contributed by atoms with Crippen LogP contribution in [0.25, 0.3) is 16.7 Å². The number of hydrogen-bond acceptors (Lipinski definition) is 2. The van der Waals surface area contributed by atoms with Gasteiger partial charge in [-0.3, -0.25) is 9.59 Å². The normalized spacial score (nSPS) is 11.8. The van der Waals surface area contributed by atoms with Gasteiger partial charge >= 0.3 is 12.1 Å². The topological polar surface area (TPSA) is 66.4 Å². The second-order valence-electron chi connectivity index (χ2n) is 8.74. The van der Waals surface area contributed by atoms with Crippen LogP contribution in [0, 0.1) is 0 Å². The maximum atomic E-state index is 12.9. The molecule has 3 aromatic rings. The highest BCUT2D eigenvalue weighted by atomic mass is 19.4. The van der Waals surface area contributed by atoms with Gasteiger partial charge in [-0.1, -0.05) is 74.4 Å². The molecular formula is C30H30F3NO3. The van der Waals surface area contributed by atoms with Gasteiger partial charge in [0, 0.05) is 12.1 Å². The highest BCUT2D eigenvalue weighted by Crippen LogP contribution is 2.32. The zero-order valence-electron chi connectivity index (χ0n) is 20.6. The number of hydrogen-bond donors (Lipinski definition) is 2. The first-order valence-electron chi connectivity index (χ1n) is 12.3. The average molecular weight is 510 g/mol. The van der Waals surface area contributed by atoms with Gasteiger partial charge in [-0.05, 0) is 64.9 Å². The summed E-state index contributed by atoms with van der Waals surface area (Å²) in [4.78, 5) is 22.9. The molecule has 0 bridgehead atoms. The fourth-order valence-electron chi connectivity index (χ4n) is 3.92. The summed E-state index contributed by atoms with van der Waals surface area (Å²) in [6.07, 6.45) is 1.83. The minimum atomic E-state index is -4.37. The standard InChI is InChI=1S/C30H30F3NO3/c1-2-3-4-5-6-27(24-11-13-25(14-12-24)29(37)34-20-19-28(35)36)23-9-7-21(8-10-23)22-15-17-26(18-16-22)30(31,32)33/h6-18H,2-5,19-20H2,1H3,(H,34,37)(H,35,36). The van der Waals surface area contributed by atoms with Crippen LogP contribution in [0.2, 0.25) is 0 Å². The number of aliphatic carboxylic acids is 1. The van der Waals surface area contributed by atoms with Gasteiger partial charge in [0.05, 0.1) is 12.0 Å². The van der Waals surface area contributed by atoms with Gasteiger partial charge < -0.3 is 10.4 Å². The number of benzene rings is 3. The third-order valence-electron chi connectivity index (χ3n) is 5.98. The molecular weight excluding hydrogens is 479 g/mol. The number of nitrogens with one attached hydrogen (secondary N) is 1. The first-order valence-corrected chi connectivity index (χ1v) is 12.3. The number of halogens is 3. The molecule has 0 saturated carbocycles. The van der Waals surface area contributed by atoms with Gasteiger partial charge in [0.15, 0.2) is 0 Å². The van der Waals surface area contributed by atoms with E-state index in [1.165, 1.54) is 12.1 Å². The van der Waals surface area contributed by atoms with Gasteiger partial charge in [0.1, 0.15) is 0 Å². The highest BCUT2D eigenvalue weighted by molar-refractivity contribution is 5.95. The smallest absolute Gasteiger partial charge is 0.416 e. The summed E-state index contributed by atoms with van der Waals surface area (Å²) in [7, 11) is 0. The van der Waals surface area contributed by atoms with Crippen LogP contribution < -0.4 is 5.32 Å².